The second kappa shape index (κ2) is 4.35. The average Bonchev–Trinajstić information content (AvgIpc) is 3.09. The third-order valence-corrected chi connectivity index (χ3v) is 2.57. The highest BCUT2D eigenvalue weighted by atomic mass is 16.4. The fourth-order valence-corrected chi connectivity index (χ4v) is 1.59. The van der Waals surface area contributed by atoms with Crippen LogP contribution in [-0.2, 0) is 4.79 Å². The number of carbonyl (C=O) groups excluding carboxylic acids is 1. The number of nitrogens with one attached hydrogen (secondary N) is 1. The minimum Gasteiger partial charge on any atom is -0.480 e. The summed E-state index contributed by atoms with van der Waals surface area (Å²) in [5.74, 6) is -0.671. The minimum absolute atomic E-state index is 0.119. The van der Waals surface area contributed by atoms with Gasteiger partial charge in [0.2, 0.25) is 0 Å². The summed E-state index contributed by atoms with van der Waals surface area (Å²) in [6.07, 6.45) is 1.90. The van der Waals surface area contributed by atoms with Gasteiger partial charge in [-0.15, -0.1) is 0 Å². The number of carboxylic acid groups (broad SMARTS) is 1. The van der Waals surface area contributed by atoms with Crippen LogP contribution < -0.4 is 5.32 Å². The maximum absolute atomic E-state index is 11.9. The van der Waals surface area contributed by atoms with Crippen LogP contribution in [0.3, 0.4) is 0 Å². The molecule has 1 saturated carbocycles. The monoisotopic (exact) mass is 219 g/mol. The van der Waals surface area contributed by atoms with Gasteiger partial charge in [0.05, 0.1) is 0 Å². The van der Waals surface area contributed by atoms with Crippen LogP contribution in [0.4, 0.5) is 5.69 Å². The predicted molar refractivity (Wildman–Crippen MR) is 59.6 cm³/mol. The first-order chi connectivity index (χ1) is 7.68. The van der Waals surface area contributed by atoms with Gasteiger partial charge < -0.3 is 10.4 Å². The summed E-state index contributed by atoms with van der Waals surface area (Å²) in [5, 5.41) is 11.3. The van der Waals surface area contributed by atoms with E-state index in [0.29, 0.717) is 11.3 Å². The van der Waals surface area contributed by atoms with Crippen molar-refractivity contribution in [3.63, 3.8) is 0 Å². The highest BCUT2D eigenvalue weighted by Gasteiger charge is 2.31. The van der Waals surface area contributed by atoms with Crippen molar-refractivity contribution in [2.24, 2.45) is 5.92 Å². The number of anilines is 1. The quantitative estimate of drug-likeness (QED) is 0.741. The Kier molecular flexibility index (Phi) is 2.90. The van der Waals surface area contributed by atoms with E-state index in [1.807, 2.05) is 0 Å². The number of para-hydroxylation sites is 1. The summed E-state index contributed by atoms with van der Waals surface area (Å²) in [4.78, 5) is 22.3. The minimum atomic E-state index is -0.936. The van der Waals surface area contributed by atoms with Crippen molar-refractivity contribution < 1.29 is 14.7 Å². The lowest BCUT2D eigenvalue weighted by molar-refractivity contribution is -0.134. The summed E-state index contributed by atoms with van der Waals surface area (Å²) in [7, 11) is 0. The number of carbonyl (C=O) groups is 2. The van der Waals surface area contributed by atoms with Crippen molar-refractivity contribution in [3.05, 3.63) is 29.8 Å². The van der Waals surface area contributed by atoms with Gasteiger partial charge in [-0.05, 0) is 25.0 Å². The van der Waals surface area contributed by atoms with Crippen LogP contribution >= 0.6 is 0 Å². The summed E-state index contributed by atoms with van der Waals surface area (Å²) in [5.41, 5.74) is 1.22. The number of benzene rings is 1. The summed E-state index contributed by atoms with van der Waals surface area (Å²) < 4.78 is 0. The Bertz CT molecular complexity index is 424. The van der Waals surface area contributed by atoms with Gasteiger partial charge in [-0.1, -0.05) is 12.1 Å². The van der Waals surface area contributed by atoms with Crippen LogP contribution in [-0.4, -0.2) is 23.4 Å². The topological polar surface area (TPSA) is 66.4 Å². The molecule has 0 heterocycles. The number of hydrogen-bond donors (Lipinski definition) is 2. The summed E-state index contributed by atoms with van der Waals surface area (Å²) in [6, 6.07) is 7.05. The standard InChI is InChI=1S/C12H13NO3/c14-11(15)7-13-10-4-2-1-3-9(10)12(16)8-5-6-8/h1-4,8,13H,5-7H2,(H,14,15). The van der Waals surface area contributed by atoms with Gasteiger partial charge in [0, 0.05) is 17.2 Å². The van der Waals surface area contributed by atoms with Gasteiger partial charge in [-0.3, -0.25) is 9.59 Å². The molecule has 0 atom stereocenters. The van der Waals surface area contributed by atoms with Crippen LogP contribution in [0.5, 0.6) is 0 Å². The predicted octanol–water partition coefficient (Wildman–Crippen LogP) is 1.78. The molecule has 0 spiro atoms. The Hall–Kier alpha value is -1.84. The Balaban J connectivity index is 2.16. The lowest BCUT2D eigenvalue weighted by Crippen LogP contribution is -2.15. The lowest BCUT2D eigenvalue weighted by Gasteiger charge is -2.08. The average molecular weight is 219 g/mol. The smallest absolute Gasteiger partial charge is 0.322 e. The molecular formula is C12H13NO3. The van der Waals surface area contributed by atoms with Crippen molar-refractivity contribution in [1.82, 2.24) is 0 Å². The van der Waals surface area contributed by atoms with Crippen molar-refractivity contribution in [2.75, 3.05) is 11.9 Å². The lowest BCUT2D eigenvalue weighted by atomic mass is 10.1. The molecule has 2 N–H and O–H groups in total. The molecule has 4 heteroatoms. The summed E-state index contributed by atoms with van der Waals surface area (Å²) >= 11 is 0. The molecule has 1 aromatic carbocycles. The molecule has 1 aliphatic carbocycles. The number of ketones is 1. The van der Waals surface area contributed by atoms with E-state index >= 15 is 0 Å². The molecule has 0 amide bonds. The molecule has 0 saturated heterocycles. The van der Waals surface area contributed by atoms with Gasteiger partial charge in [0.1, 0.15) is 6.54 Å². The van der Waals surface area contributed by atoms with Crippen molar-refractivity contribution in [1.29, 1.82) is 0 Å². The van der Waals surface area contributed by atoms with Crippen LogP contribution in [0, 0.1) is 5.92 Å². The van der Waals surface area contributed by atoms with E-state index in [2.05, 4.69) is 5.32 Å². The maximum atomic E-state index is 11.9. The number of hydrogen-bond acceptors (Lipinski definition) is 3. The molecule has 0 unspecified atom stereocenters. The number of Topliss-reactive ketones (excluding diaryl/α,β-unsaturated/α-hetero) is 1. The second-order valence-corrected chi connectivity index (χ2v) is 3.93. The zero-order chi connectivity index (χ0) is 11.5. The van der Waals surface area contributed by atoms with E-state index in [1.165, 1.54) is 0 Å². The molecule has 2 rings (SSSR count). The largest absolute Gasteiger partial charge is 0.480 e. The first kappa shape index (κ1) is 10.7. The van der Waals surface area contributed by atoms with Gasteiger partial charge in [-0.25, -0.2) is 0 Å². The van der Waals surface area contributed by atoms with Crippen molar-refractivity contribution >= 4 is 17.4 Å². The molecule has 4 nitrogen and oxygen atoms in total. The number of carboxylic acids is 1. The highest BCUT2D eigenvalue weighted by molar-refractivity contribution is 6.04. The zero-order valence-electron chi connectivity index (χ0n) is 8.77. The van der Waals surface area contributed by atoms with E-state index in [9.17, 15) is 9.59 Å². The van der Waals surface area contributed by atoms with Gasteiger partial charge in [0.25, 0.3) is 0 Å². The molecular weight excluding hydrogens is 206 g/mol. The molecule has 16 heavy (non-hydrogen) atoms. The van der Waals surface area contributed by atoms with E-state index < -0.39 is 5.97 Å². The van der Waals surface area contributed by atoms with Crippen LogP contribution in [0.1, 0.15) is 23.2 Å². The molecule has 0 aromatic heterocycles. The highest BCUT2D eigenvalue weighted by Crippen LogP contribution is 2.34. The van der Waals surface area contributed by atoms with E-state index in [1.54, 1.807) is 24.3 Å². The fourth-order valence-electron chi connectivity index (χ4n) is 1.59. The van der Waals surface area contributed by atoms with Crippen molar-refractivity contribution in [3.8, 4) is 0 Å². The molecule has 0 bridgehead atoms. The first-order valence-electron chi connectivity index (χ1n) is 5.27. The third kappa shape index (κ3) is 2.39. The van der Waals surface area contributed by atoms with Crippen LogP contribution in [0.15, 0.2) is 24.3 Å². The van der Waals surface area contributed by atoms with Crippen LogP contribution in [0.2, 0.25) is 0 Å². The van der Waals surface area contributed by atoms with E-state index in [-0.39, 0.29) is 18.2 Å². The van der Waals surface area contributed by atoms with Crippen LogP contribution in [0.25, 0.3) is 0 Å². The fraction of sp³-hybridized carbons (Fsp3) is 0.333. The Morgan fingerprint density at radius 2 is 2.00 bits per heavy atom. The molecule has 1 aromatic rings. The van der Waals surface area contributed by atoms with E-state index in [0.717, 1.165) is 12.8 Å². The molecule has 1 aliphatic rings. The maximum Gasteiger partial charge on any atom is 0.322 e. The van der Waals surface area contributed by atoms with Gasteiger partial charge in [0.15, 0.2) is 5.78 Å². The van der Waals surface area contributed by atoms with E-state index in [4.69, 9.17) is 5.11 Å². The SMILES string of the molecule is O=C(O)CNc1ccccc1C(=O)C1CC1. The normalized spacial score (nSPS) is 14.5. The Morgan fingerprint density at radius 3 is 2.62 bits per heavy atom. The molecule has 0 radical (unpaired) electrons. The second-order valence-electron chi connectivity index (χ2n) is 3.93. The summed E-state index contributed by atoms with van der Waals surface area (Å²) in [6.45, 7) is -0.172. The number of aliphatic carboxylic acids is 1. The molecule has 1 fully saturated rings. The zero-order valence-corrected chi connectivity index (χ0v) is 8.77. The number of rotatable bonds is 5. The molecule has 84 valence electrons. The first-order valence-corrected chi connectivity index (χ1v) is 5.27. The third-order valence-electron chi connectivity index (χ3n) is 2.57. The Labute approximate surface area is 93.3 Å². The van der Waals surface area contributed by atoms with Gasteiger partial charge in [-0.2, -0.15) is 0 Å². The van der Waals surface area contributed by atoms with Crippen molar-refractivity contribution in [2.45, 2.75) is 12.8 Å². The Morgan fingerprint density at radius 1 is 1.31 bits per heavy atom. The van der Waals surface area contributed by atoms with Gasteiger partial charge >= 0.3 is 5.97 Å². The molecule has 0 aliphatic heterocycles.